The number of nitrogens with one attached hydrogen (secondary N) is 3. The molecule has 0 spiro atoms. The first kappa shape index (κ1) is 31.0. The quantitative estimate of drug-likeness (QED) is 0.103. The number of carboxylic acids is 1. The molecule has 3 atom stereocenters. The number of urea groups is 1. The maximum atomic E-state index is 13.6. The van der Waals surface area contributed by atoms with Crippen LogP contribution in [-0.2, 0) is 38.3 Å². The van der Waals surface area contributed by atoms with Crippen molar-refractivity contribution in [2.75, 3.05) is 32.0 Å². The normalized spacial score (nSPS) is 22.2. The van der Waals surface area contributed by atoms with E-state index >= 15 is 0 Å². The highest BCUT2D eigenvalue weighted by atomic mass is 32.2. The fourth-order valence-corrected chi connectivity index (χ4v) is 6.28. The zero-order valence-corrected chi connectivity index (χ0v) is 23.8. The molecule has 228 valence electrons. The summed E-state index contributed by atoms with van der Waals surface area (Å²) >= 11 is 0.920. The van der Waals surface area contributed by atoms with E-state index in [4.69, 9.17) is 4.74 Å². The average molecular weight is 617 g/mol. The van der Waals surface area contributed by atoms with Crippen LogP contribution in [0.2, 0.25) is 0 Å². The van der Waals surface area contributed by atoms with Gasteiger partial charge >= 0.3 is 29.8 Å². The van der Waals surface area contributed by atoms with Crippen LogP contribution < -0.4 is 16.0 Å². The van der Waals surface area contributed by atoms with Crippen molar-refractivity contribution in [3.05, 3.63) is 47.2 Å². The fraction of sp³-hybridized carbons (Fsp3) is 0.385. The predicted molar refractivity (Wildman–Crippen MR) is 146 cm³/mol. The summed E-state index contributed by atoms with van der Waals surface area (Å²) in [5.74, 6) is -5.99. The van der Waals surface area contributed by atoms with E-state index in [2.05, 4.69) is 16.0 Å². The second kappa shape index (κ2) is 12.5. The number of piperazine rings is 1. The number of imide groups is 1. The van der Waals surface area contributed by atoms with Gasteiger partial charge in [0.15, 0.2) is 11.0 Å². The summed E-state index contributed by atoms with van der Waals surface area (Å²) in [4.78, 5) is 101. The maximum Gasteiger partial charge on any atom is 0.352 e. The molecular weight excluding hydrogens is 588 g/mol. The van der Waals surface area contributed by atoms with Crippen molar-refractivity contribution < 1.29 is 48.2 Å². The van der Waals surface area contributed by atoms with Crippen LogP contribution in [0.4, 0.5) is 4.79 Å². The number of carbonyl (C=O) groups excluding carboxylic acids is 7. The minimum Gasteiger partial charge on any atom is -0.477 e. The van der Waals surface area contributed by atoms with Crippen LogP contribution in [0.5, 0.6) is 0 Å². The molecule has 2 fully saturated rings. The molecule has 3 heterocycles. The number of carbonyl (C=O) groups is 8. The highest BCUT2D eigenvalue weighted by Crippen LogP contribution is 2.48. The van der Waals surface area contributed by atoms with E-state index in [0.29, 0.717) is 4.90 Å². The lowest BCUT2D eigenvalue weighted by atomic mass is 9.96. The molecule has 3 aliphatic heterocycles. The van der Waals surface area contributed by atoms with Crippen LogP contribution in [0, 0.1) is 0 Å². The van der Waals surface area contributed by atoms with Crippen molar-refractivity contribution in [1.29, 1.82) is 0 Å². The number of hydrogen-bond donors (Lipinski definition) is 4. The monoisotopic (exact) mass is 616 g/mol. The molecule has 7 amide bonds. The first-order chi connectivity index (χ1) is 20.5. The molecule has 2 saturated heterocycles. The highest BCUT2D eigenvalue weighted by Gasteiger charge is 2.66. The van der Waals surface area contributed by atoms with E-state index in [1.54, 1.807) is 25.1 Å². The van der Waals surface area contributed by atoms with E-state index in [0.717, 1.165) is 23.6 Å². The molecular formula is C26H28N6O10S. The lowest BCUT2D eigenvalue weighted by Crippen LogP contribution is -2.83. The molecule has 16 nitrogen and oxygen atoms in total. The Hall–Kier alpha value is -4.93. The van der Waals surface area contributed by atoms with Gasteiger partial charge in [-0.3, -0.25) is 38.6 Å². The largest absolute Gasteiger partial charge is 0.477 e. The molecule has 4 N–H and O–H groups in total. The smallest absolute Gasteiger partial charge is 0.352 e. The van der Waals surface area contributed by atoms with Crippen molar-refractivity contribution >= 4 is 59.8 Å². The molecule has 3 aliphatic rings. The first-order valence-electron chi connectivity index (χ1n) is 13.0. The number of aliphatic carboxylic acids is 1. The van der Waals surface area contributed by atoms with Gasteiger partial charge in [-0.15, -0.1) is 11.8 Å². The number of hydrogen-bond acceptors (Lipinski definition) is 10. The van der Waals surface area contributed by atoms with Crippen molar-refractivity contribution in [3.8, 4) is 0 Å². The molecule has 1 aromatic carbocycles. The third-order valence-corrected chi connectivity index (χ3v) is 8.49. The third-order valence-electron chi connectivity index (χ3n) is 7.02. The molecule has 4 rings (SSSR count). The zero-order chi connectivity index (χ0) is 31.5. The van der Waals surface area contributed by atoms with Crippen LogP contribution >= 0.6 is 11.8 Å². The molecule has 0 radical (unpaired) electrons. The predicted octanol–water partition coefficient (Wildman–Crippen LogP) is -1.50. The number of fused-ring (bicyclic) bond motifs is 1. The molecule has 0 aromatic heterocycles. The van der Waals surface area contributed by atoms with Crippen LogP contribution in [0.15, 0.2) is 41.6 Å². The van der Waals surface area contributed by atoms with E-state index < -0.39 is 71.0 Å². The number of carboxylic acid groups (broad SMARTS) is 1. The summed E-state index contributed by atoms with van der Waals surface area (Å²) in [7, 11) is 0. The number of esters is 1. The van der Waals surface area contributed by atoms with E-state index in [9.17, 15) is 43.5 Å². The van der Waals surface area contributed by atoms with Crippen molar-refractivity contribution in [2.45, 2.75) is 30.9 Å². The van der Waals surface area contributed by atoms with Crippen LogP contribution in [0.3, 0.4) is 0 Å². The second-order valence-corrected chi connectivity index (χ2v) is 10.7. The minimum absolute atomic E-state index is 0.0787. The minimum atomic E-state index is -1.74. The summed E-state index contributed by atoms with van der Waals surface area (Å²) < 4.78 is 4.92. The molecule has 0 saturated carbocycles. The lowest BCUT2D eigenvalue weighted by molar-refractivity contribution is -0.160. The van der Waals surface area contributed by atoms with Gasteiger partial charge in [-0.05, 0) is 12.5 Å². The van der Waals surface area contributed by atoms with Crippen LogP contribution in [-0.4, -0.2) is 111 Å². The summed E-state index contributed by atoms with van der Waals surface area (Å²) in [5.41, 5.74) is -0.135. The second-order valence-electron chi connectivity index (χ2n) is 9.53. The number of benzene rings is 1. The van der Waals surface area contributed by atoms with Crippen molar-refractivity contribution in [1.82, 2.24) is 30.7 Å². The third kappa shape index (κ3) is 5.75. The highest BCUT2D eigenvalue weighted by molar-refractivity contribution is 8.01. The summed E-state index contributed by atoms with van der Waals surface area (Å²) in [6, 6.07) is 3.93. The topological polar surface area (TPSA) is 212 Å². The molecule has 17 heteroatoms. The van der Waals surface area contributed by atoms with Gasteiger partial charge in [0, 0.05) is 37.9 Å². The molecule has 43 heavy (non-hydrogen) atoms. The number of rotatable bonds is 10. The van der Waals surface area contributed by atoms with Gasteiger partial charge in [-0.1, -0.05) is 30.3 Å². The average Bonchev–Trinajstić information content (AvgIpc) is 2.98. The van der Waals surface area contributed by atoms with Gasteiger partial charge in [0.25, 0.3) is 5.91 Å². The van der Waals surface area contributed by atoms with Crippen molar-refractivity contribution in [2.24, 2.45) is 0 Å². The number of β-lactam (4-membered cyclic amide) rings is 1. The van der Waals surface area contributed by atoms with Gasteiger partial charge in [-0.25, -0.2) is 9.59 Å². The Morgan fingerprint density at radius 3 is 2.44 bits per heavy atom. The maximum absolute atomic E-state index is 13.6. The zero-order valence-electron chi connectivity index (χ0n) is 23.0. The van der Waals surface area contributed by atoms with Gasteiger partial charge in [0.05, 0.1) is 0 Å². The van der Waals surface area contributed by atoms with Crippen molar-refractivity contribution in [3.63, 3.8) is 0 Å². The number of ether oxygens (including phenoxy) is 1. The van der Waals surface area contributed by atoms with Crippen LogP contribution in [0.25, 0.3) is 0 Å². The van der Waals surface area contributed by atoms with Gasteiger partial charge < -0.3 is 30.7 Å². The Balaban J connectivity index is 1.60. The lowest BCUT2D eigenvalue weighted by Gasteiger charge is -2.58. The Bertz CT molecular complexity index is 1420. The number of likely N-dealkylation sites (N-methyl/N-ethyl adjacent to an activating group) is 1. The molecule has 0 bridgehead atoms. The SMILES string of the molecule is CCN1CCN(C(=O)NC(C(=O)N[C@H]2C(=O)N3C(C(=O)O)=C(COC(C)=O)CSC23NC=O)c2ccccc2)C(=O)C1=O. The fourth-order valence-electron chi connectivity index (χ4n) is 4.89. The Kier molecular flexibility index (Phi) is 9.03. The molecule has 2 unspecified atom stereocenters. The Morgan fingerprint density at radius 1 is 1.14 bits per heavy atom. The molecule has 1 aromatic rings. The number of nitrogens with zero attached hydrogens (tertiary/aromatic N) is 3. The number of amides is 7. The van der Waals surface area contributed by atoms with Gasteiger partial charge in [0.1, 0.15) is 18.3 Å². The summed E-state index contributed by atoms with van der Waals surface area (Å²) in [5, 5.41) is 17.3. The standard InChI is InChI=1S/C26H28N6O10S/c1-3-30-9-10-31(23(38)22(30)37)25(41)28-17(15-7-5-4-6-8-15)20(35)29-19-21(36)32-18(24(39)40)16(11-42-14(2)34)12-43-26(19,32)27-13-33/h4-8,13,17,19H,3,9-12H2,1-2H3,(H,27,33)(H,28,41)(H,29,35)(H,39,40)/t17?,19-,26?/m0/s1. The summed E-state index contributed by atoms with van der Waals surface area (Å²) in [6.07, 6.45) is 0.247. The van der Waals surface area contributed by atoms with Gasteiger partial charge in [-0.2, -0.15) is 0 Å². The Labute approximate surface area is 248 Å². The Morgan fingerprint density at radius 2 is 1.84 bits per heavy atom. The number of thioether (sulfide) groups is 1. The van der Waals surface area contributed by atoms with E-state index in [-0.39, 0.29) is 42.9 Å². The van der Waals surface area contributed by atoms with E-state index in [1.807, 2.05) is 0 Å². The first-order valence-corrected chi connectivity index (χ1v) is 14.0. The van der Waals surface area contributed by atoms with Gasteiger partial charge in [0.2, 0.25) is 12.3 Å². The van der Waals surface area contributed by atoms with Crippen LogP contribution in [0.1, 0.15) is 25.5 Å². The molecule has 0 aliphatic carbocycles. The summed E-state index contributed by atoms with van der Waals surface area (Å²) in [6.45, 7) is 2.70. The van der Waals surface area contributed by atoms with E-state index in [1.165, 1.54) is 17.0 Å².